The van der Waals surface area contributed by atoms with Crippen LogP contribution in [0, 0.1) is 16.0 Å². The van der Waals surface area contributed by atoms with Crippen LogP contribution in [0.15, 0.2) is 18.2 Å². The number of benzene rings is 1. The van der Waals surface area contributed by atoms with Crippen LogP contribution in [0.5, 0.6) is 0 Å². The van der Waals surface area contributed by atoms with Gasteiger partial charge in [-0.1, -0.05) is 20.3 Å². The highest BCUT2D eigenvalue weighted by Gasteiger charge is 2.29. The Labute approximate surface area is 146 Å². The lowest BCUT2D eigenvalue weighted by Gasteiger charge is -2.21. The Morgan fingerprint density at radius 2 is 2.08 bits per heavy atom. The molecular formula is C17H23N3O5. The van der Waals surface area contributed by atoms with Crippen molar-refractivity contribution in [3.8, 4) is 0 Å². The number of carbonyl (C=O) groups is 2. The molecule has 0 bridgehead atoms. The van der Waals surface area contributed by atoms with Crippen molar-refractivity contribution in [2.75, 3.05) is 12.4 Å². The van der Waals surface area contributed by atoms with Crippen molar-refractivity contribution >= 4 is 23.3 Å². The summed E-state index contributed by atoms with van der Waals surface area (Å²) in [6.07, 6.45) is 2.63. The van der Waals surface area contributed by atoms with E-state index in [1.165, 1.54) is 25.3 Å². The number of nitrogens with zero attached hydrogens (tertiary/aromatic N) is 1. The van der Waals surface area contributed by atoms with Gasteiger partial charge >= 0.3 is 5.97 Å². The molecule has 2 atom stereocenters. The smallest absolute Gasteiger partial charge is 0.328 e. The lowest BCUT2D eigenvalue weighted by Crippen LogP contribution is -2.45. The third-order valence-electron chi connectivity index (χ3n) is 4.35. The van der Waals surface area contributed by atoms with Gasteiger partial charge in [-0.3, -0.25) is 14.9 Å². The highest BCUT2D eigenvalue weighted by Crippen LogP contribution is 2.31. The number of ether oxygens (including phenoxy) is 1. The molecule has 136 valence electrons. The summed E-state index contributed by atoms with van der Waals surface area (Å²) in [4.78, 5) is 35.1. The van der Waals surface area contributed by atoms with Gasteiger partial charge in [0.2, 0.25) is 0 Å². The van der Waals surface area contributed by atoms with Crippen molar-refractivity contribution < 1.29 is 19.2 Å². The van der Waals surface area contributed by atoms with Gasteiger partial charge in [0.25, 0.3) is 11.6 Å². The topological polar surface area (TPSA) is 111 Å². The van der Waals surface area contributed by atoms with Gasteiger partial charge in [-0.25, -0.2) is 4.79 Å². The molecule has 8 heteroatoms. The summed E-state index contributed by atoms with van der Waals surface area (Å²) in [7, 11) is 1.26. The highest BCUT2D eigenvalue weighted by atomic mass is 16.6. The zero-order chi connectivity index (χ0) is 18.6. The number of hydrogen-bond acceptors (Lipinski definition) is 6. The van der Waals surface area contributed by atoms with Gasteiger partial charge in [-0.05, 0) is 30.9 Å². The number of nitro groups is 1. The molecule has 1 aliphatic rings. The fourth-order valence-electron chi connectivity index (χ4n) is 2.41. The molecule has 0 heterocycles. The van der Waals surface area contributed by atoms with Crippen molar-refractivity contribution in [2.45, 2.75) is 45.2 Å². The van der Waals surface area contributed by atoms with Crippen LogP contribution in [0.4, 0.5) is 11.4 Å². The first-order chi connectivity index (χ1) is 11.9. The Morgan fingerprint density at radius 3 is 2.60 bits per heavy atom. The van der Waals surface area contributed by atoms with Crippen LogP contribution >= 0.6 is 0 Å². The van der Waals surface area contributed by atoms with E-state index in [9.17, 15) is 19.7 Å². The molecule has 8 nitrogen and oxygen atoms in total. The molecule has 2 rings (SSSR count). The van der Waals surface area contributed by atoms with E-state index in [0.717, 1.165) is 12.8 Å². The maximum atomic E-state index is 12.5. The summed E-state index contributed by atoms with van der Waals surface area (Å²) in [5, 5.41) is 17.0. The molecule has 0 spiro atoms. The summed E-state index contributed by atoms with van der Waals surface area (Å²) >= 11 is 0. The van der Waals surface area contributed by atoms with Crippen molar-refractivity contribution in [3.05, 3.63) is 33.9 Å². The summed E-state index contributed by atoms with van der Waals surface area (Å²) in [5.74, 6) is -1.21. The van der Waals surface area contributed by atoms with Gasteiger partial charge in [0, 0.05) is 17.7 Å². The summed E-state index contributed by atoms with van der Waals surface area (Å²) < 4.78 is 4.73. The minimum atomic E-state index is -0.800. The molecule has 0 aliphatic heterocycles. The number of esters is 1. The predicted octanol–water partition coefficient (Wildman–Crippen LogP) is 2.49. The van der Waals surface area contributed by atoms with Crippen LogP contribution in [0.1, 0.15) is 43.5 Å². The Hall–Kier alpha value is -2.64. The van der Waals surface area contributed by atoms with Crippen molar-refractivity contribution in [2.24, 2.45) is 5.92 Å². The van der Waals surface area contributed by atoms with Crippen molar-refractivity contribution in [3.63, 3.8) is 0 Å². The van der Waals surface area contributed by atoms with Crippen LogP contribution in [0.25, 0.3) is 0 Å². The molecule has 0 saturated heterocycles. The molecule has 25 heavy (non-hydrogen) atoms. The van der Waals surface area contributed by atoms with Crippen LogP contribution in [-0.2, 0) is 9.53 Å². The van der Waals surface area contributed by atoms with Crippen molar-refractivity contribution in [1.82, 2.24) is 5.32 Å². The number of nitrogens with one attached hydrogen (secondary N) is 2. The monoisotopic (exact) mass is 349 g/mol. The average Bonchev–Trinajstić information content (AvgIpc) is 3.42. The Bertz CT molecular complexity index is 672. The average molecular weight is 349 g/mol. The second-order valence-corrected chi connectivity index (χ2v) is 6.27. The highest BCUT2D eigenvalue weighted by molar-refractivity contribution is 5.98. The summed E-state index contributed by atoms with van der Waals surface area (Å²) in [5.41, 5.74) is 0.374. The van der Waals surface area contributed by atoms with E-state index in [-0.39, 0.29) is 23.2 Å². The first-order valence-electron chi connectivity index (χ1n) is 8.31. The van der Waals surface area contributed by atoms with Crippen LogP contribution in [0.2, 0.25) is 0 Å². The molecule has 1 fully saturated rings. The molecule has 1 amide bonds. The summed E-state index contributed by atoms with van der Waals surface area (Å²) in [6.45, 7) is 3.73. The standard InChI is InChI=1S/C17H23N3O5/c1-4-10(2)15(17(22)25-3)19-16(21)11-5-8-13(18-12-6-7-12)14(9-11)20(23)24/h5,8-10,12,15,18H,4,6-7H2,1-3H3,(H,19,21). The van der Waals surface area contributed by atoms with Crippen LogP contribution in [-0.4, -0.2) is 36.0 Å². The lowest BCUT2D eigenvalue weighted by molar-refractivity contribution is -0.384. The maximum Gasteiger partial charge on any atom is 0.328 e. The Morgan fingerprint density at radius 1 is 1.40 bits per heavy atom. The van der Waals surface area contributed by atoms with E-state index in [1.807, 2.05) is 13.8 Å². The molecule has 2 N–H and O–H groups in total. The molecule has 0 aromatic heterocycles. The van der Waals surface area contributed by atoms with Gasteiger partial charge in [0.1, 0.15) is 11.7 Å². The Kier molecular flexibility index (Phi) is 5.95. The molecule has 1 saturated carbocycles. The van der Waals surface area contributed by atoms with E-state index in [4.69, 9.17) is 4.74 Å². The third kappa shape index (κ3) is 4.68. The zero-order valence-corrected chi connectivity index (χ0v) is 14.6. The second kappa shape index (κ2) is 7.96. The largest absolute Gasteiger partial charge is 0.467 e. The van der Waals surface area contributed by atoms with Gasteiger partial charge in [-0.15, -0.1) is 0 Å². The molecule has 2 unspecified atom stereocenters. The fraction of sp³-hybridized carbons (Fsp3) is 0.529. The quantitative estimate of drug-likeness (QED) is 0.424. The minimum absolute atomic E-state index is 0.123. The fourth-order valence-corrected chi connectivity index (χ4v) is 2.41. The number of amides is 1. The first kappa shape index (κ1) is 18.7. The predicted molar refractivity (Wildman–Crippen MR) is 92.5 cm³/mol. The number of anilines is 1. The van der Waals surface area contributed by atoms with E-state index < -0.39 is 22.8 Å². The number of carbonyl (C=O) groups excluding carboxylic acids is 2. The van der Waals surface area contributed by atoms with Crippen molar-refractivity contribution in [1.29, 1.82) is 0 Å². The first-order valence-corrected chi connectivity index (χ1v) is 8.31. The second-order valence-electron chi connectivity index (χ2n) is 6.27. The van der Waals surface area contributed by atoms with Gasteiger partial charge in [-0.2, -0.15) is 0 Å². The zero-order valence-electron chi connectivity index (χ0n) is 14.6. The van der Waals surface area contributed by atoms with E-state index >= 15 is 0 Å². The van der Waals surface area contributed by atoms with Gasteiger partial charge < -0.3 is 15.4 Å². The van der Waals surface area contributed by atoms with E-state index in [1.54, 1.807) is 0 Å². The van der Waals surface area contributed by atoms with E-state index in [2.05, 4.69) is 10.6 Å². The molecule has 1 aromatic rings. The maximum absolute atomic E-state index is 12.5. The molecular weight excluding hydrogens is 326 g/mol. The summed E-state index contributed by atoms with van der Waals surface area (Å²) in [6, 6.07) is 3.73. The minimum Gasteiger partial charge on any atom is -0.467 e. The lowest BCUT2D eigenvalue weighted by atomic mass is 9.98. The molecule has 1 aliphatic carbocycles. The van der Waals surface area contributed by atoms with Crippen LogP contribution in [0.3, 0.4) is 0 Å². The van der Waals surface area contributed by atoms with E-state index in [0.29, 0.717) is 12.1 Å². The molecule has 1 aromatic carbocycles. The van der Waals surface area contributed by atoms with Gasteiger partial charge in [0.15, 0.2) is 0 Å². The van der Waals surface area contributed by atoms with Gasteiger partial charge in [0.05, 0.1) is 12.0 Å². The normalized spacial score (nSPS) is 15.8. The molecule has 0 radical (unpaired) electrons. The number of nitro benzene ring substituents is 1. The SMILES string of the molecule is CCC(C)C(NC(=O)c1ccc(NC2CC2)c([N+](=O)[O-])c1)C(=O)OC. The third-order valence-corrected chi connectivity index (χ3v) is 4.35. The van der Waals surface area contributed by atoms with Crippen LogP contribution < -0.4 is 10.6 Å². The number of rotatable bonds is 8. The number of methoxy groups -OCH3 is 1. The number of hydrogen-bond donors (Lipinski definition) is 2. The Balaban J connectivity index is 2.21.